The molecule has 6 heteroatoms. The molecule has 0 saturated carbocycles. The van der Waals surface area contributed by atoms with E-state index < -0.39 is 11.7 Å². The minimum Gasteiger partial charge on any atom is -0.435 e. The zero-order chi connectivity index (χ0) is 13.2. The Balaban J connectivity index is 2.19. The van der Waals surface area contributed by atoms with Crippen LogP contribution in [-0.2, 0) is 11.3 Å². The van der Waals surface area contributed by atoms with Crippen LogP contribution in [0, 0.1) is 0 Å². The second-order valence-corrected chi connectivity index (χ2v) is 3.43. The van der Waals surface area contributed by atoms with Crippen molar-refractivity contribution in [3.05, 3.63) is 48.2 Å². The van der Waals surface area contributed by atoms with Crippen LogP contribution >= 0.6 is 0 Å². The van der Waals surface area contributed by atoms with Crippen LogP contribution in [0.4, 0.5) is 13.2 Å². The maximum absolute atomic E-state index is 12.3. The Morgan fingerprint density at radius 3 is 2.33 bits per heavy atom. The quantitative estimate of drug-likeness (QED) is 0.811. The predicted octanol–water partition coefficient (Wildman–Crippen LogP) is 4.04. The number of pyridine rings is 1. The highest BCUT2D eigenvalue weighted by Crippen LogP contribution is 2.32. The summed E-state index contributed by atoms with van der Waals surface area (Å²) in [7, 11) is 0. The molecule has 0 bridgehead atoms. The molecule has 93 valence electrons. The molecule has 0 spiro atoms. The maximum atomic E-state index is 12.3. The van der Waals surface area contributed by atoms with E-state index in [1.54, 1.807) is 6.07 Å². The fourth-order valence-corrected chi connectivity index (χ4v) is 1.26. The summed E-state index contributed by atoms with van der Waals surface area (Å²) < 4.78 is 41.9. The average Bonchev–Trinajstić information content (AvgIpc) is 2.32. The van der Waals surface area contributed by atoms with Gasteiger partial charge in [0.05, 0.1) is 5.56 Å². The molecular weight excluding hydrogens is 247 g/mol. The van der Waals surface area contributed by atoms with E-state index in [4.69, 9.17) is 4.74 Å². The number of rotatable bonds is 2. The fourth-order valence-electron chi connectivity index (χ4n) is 1.26. The summed E-state index contributed by atoms with van der Waals surface area (Å²) >= 11 is 0. The lowest BCUT2D eigenvalue weighted by molar-refractivity contribution is -0.137. The van der Waals surface area contributed by atoms with Crippen molar-refractivity contribution < 1.29 is 23.0 Å². The monoisotopic (exact) mass is 254 g/mol. The van der Waals surface area contributed by atoms with Crippen LogP contribution in [0.15, 0.2) is 42.6 Å². The molecule has 2 rings (SSSR count). The Bertz CT molecular complexity index is 538. The summed E-state index contributed by atoms with van der Waals surface area (Å²) in [5.41, 5.74) is -0.870. The summed E-state index contributed by atoms with van der Waals surface area (Å²) in [6, 6.07) is 7.74. The van der Waals surface area contributed by atoms with E-state index in [1.807, 2.05) is 0 Å². The Labute approximate surface area is 100 Å². The molecule has 3 nitrogen and oxygen atoms in total. The van der Waals surface area contributed by atoms with Gasteiger partial charge in [0.1, 0.15) is 0 Å². The van der Waals surface area contributed by atoms with Crippen LogP contribution < -0.4 is 4.74 Å². The van der Waals surface area contributed by atoms with E-state index in [9.17, 15) is 18.3 Å². The number of nitrogens with zero attached hydrogens (tertiary/aromatic N) is 1. The Morgan fingerprint density at radius 1 is 1.06 bits per heavy atom. The van der Waals surface area contributed by atoms with E-state index in [2.05, 4.69) is 4.98 Å². The number of aromatic nitrogens is 1. The van der Waals surface area contributed by atoms with Crippen molar-refractivity contribution in [3.8, 4) is 17.4 Å². The van der Waals surface area contributed by atoms with Crippen LogP contribution in [-0.4, -0.2) is 4.98 Å². The standard InChI is InChI=1S/C12H7F3NO2/c13-12(14,15)8-5-6-11(16-7-8)18-10-4-2-1-3-9(10)17/h1-7H. The summed E-state index contributed by atoms with van der Waals surface area (Å²) in [6.07, 6.45) is -3.79. The van der Waals surface area contributed by atoms with E-state index >= 15 is 0 Å². The topological polar surface area (TPSA) is 42.0 Å². The number of hydrogen-bond donors (Lipinski definition) is 0. The highest BCUT2D eigenvalue weighted by molar-refractivity contribution is 5.40. The van der Waals surface area contributed by atoms with Gasteiger partial charge in [-0.25, -0.2) is 4.98 Å². The second-order valence-electron chi connectivity index (χ2n) is 3.43. The van der Waals surface area contributed by atoms with Gasteiger partial charge in [0, 0.05) is 12.3 Å². The predicted molar refractivity (Wildman–Crippen MR) is 55.9 cm³/mol. The molecule has 1 radical (unpaired) electrons. The third-order valence-electron chi connectivity index (χ3n) is 2.13. The van der Waals surface area contributed by atoms with Crippen LogP contribution in [0.1, 0.15) is 5.56 Å². The first-order chi connectivity index (χ1) is 8.47. The summed E-state index contributed by atoms with van der Waals surface area (Å²) in [5, 5.41) is 11.3. The lowest BCUT2D eigenvalue weighted by Gasteiger charge is -2.08. The zero-order valence-corrected chi connectivity index (χ0v) is 8.94. The molecule has 18 heavy (non-hydrogen) atoms. The highest BCUT2D eigenvalue weighted by atomic mass is 19.4. The number of ether oxygens (including phenoxy) is 1. The lowest BCUT2D eigenvalue weighted by Crippen LogP contribution is -2.05. The SMILES string of the molecule is [O]c1ccccc1Oc1ccc(C(F)(F)F)cn1. The molecule has 1 heterocycles. The first-order valence-electron chi connectivity index (χ1n) is 4.94. The van der Waals surface area contributed by atoms with Gasteiger partial charge in [-0.1, -0.05) is 12.1 Å². The van der Waals surface area contributed by atoms with Gasteiger partial charge in [0.25, 0.3) is 0 Å². The number of alkyl halides is 3. The van der Waals surface area contributed by atoms with Gasteiger partial charge in [0.15, 0.2) is 5.75 Å². The Hall–Kier alpha value is -2.24. The fraction of sp³-hybridized carbons (Fsp3) is 0.0833. The average molecular weight is 254 g/mol. The van der Waals surface area contributed by atoms with E-state index in [1.165, 1.54) is 18.2 Å². The van der Waals surface area contributed by atoms with Crippen molar-refractivity contribution in [2.75, 3.05) is 0 Å². The Morgan fingerprint density at radius 2 is 1.78 bits per heavy atom. The molecule has 0 atom stereocenters. The van der Waals surface area contributed by atoms with Gasteiger partial charge in [-0.05, 0) is 18.2 Å². The van der Waals surface area contributed by atoms with Gasteiger partial charge in [-0.15, -0.1) is 0 Å². The van der Waals surface area contributed by atoms with E-state index in [0.717, 1.165) is 12.1 Å². The first-order valence-corrected chi connectivity index (χ1v) is 4.94. The molecule has 0 unspecified atom stereocenters. The normalized spacial score (nSPS) is 11.3. The Kier molecular flexibility index (Phi) is 3.10. The van der Waals surface area contributed by atoms with Crippen LogP contribution in [0.5, 0.6) is 17.4 Å². The number of hydrogen-bond acceptors (Lipinski definition) is 2. The smallest absolute Gasteiger partial charge is 0.417 e. The van der Waals surface area contributed by atoms with Gasteiger partial charge in [-0.3, -0.25) is 5.11 Å². The largest absolute Gasteiger partial charge is 0.435 e. The highest BCUT2D eigenvalue weighted by Gasteiger charge is 2.30. The number of para-hydroxylation sites is 2. The van der Waals surface area contributed by atoms with E-state index in [0.29, 0.717) is 6.20 Å². The van der Waals surface area contributed by atoms with E-state index in [-0.39, 0.29) is 17.4 Å². The number of halogens is 3. The van der Waals surface area contributed by atoms with Gasteiger partial charge < -0.3 is 4.74 Å². The lowest BCUT2D eigenvalue weighted by atomic mass is 10.3. The van der Waals surface area contributed by atoms with Crippen molar-refractivity contribution in [1.29, 1.82) is 0 Å². The minimum atomic E-state index is -4.44. The van der Waals surface area contributed by atoms with Gasteiger partial charge in [0.2, 0.25) is 11.6 Å². The van der Waals surface area contributed by atoms with Crippen LogP contribution in [0.2, 0.25) is 0 Å². The van der Waals surface area contributed by atoms with Crippen molar-refractivity contribution in [3.63, 3.8) is 0 Å². The number of benzene rings is 1. The van der Waals surface area contributed by atoms with Crippen LogP contribution in [0.3, 0.4) is 0 Å². The van der Waals surface area contributed by atoms with Crippen LogP contribution in [0.25, 0.3) is 0 Å². The van der Waals surface area contributed by atoms with Gasteiger partial charge in [-0.2, -0.15) is 13.2 Å². The molecule has 1 aromatic carbocycles. The molecule has 2 aromatic rings. The zero-order valence-electron chi connectivity index (χ0n) is 8.94. The minimum absolute atomic E-state index is 0.0183. The molecule has 0 aliphatic heterocycles. The molecule has 0 fully saturated rings. The van der Waals surface area contributed by atoms with Crippen molar-refractivity contribution in [2.24, 2.45) is 0 Å². The third kappa shape index (κ3) is 2.71. The molecular formula is C12H7F3NO2. The summed E-state index contributed by atoms with van der Waals surface area (Å²) in [6.45, 7) is 0. The molecule has 0 N–H and O–H groups in total. The maximum Gasteiger partial charge on any atom is 0.417 e. The van der Waals surface area contributed by atoms with Crippen molar-refractivity contribution in [1.82, 2.24) is 4.98 Å². The third-order valence-corrected chi connectivity index (χ3v) is 2.13. The summed E-state index contributed by atoms with van der Waals surface area (Å²) in [5.74, 6) is -0.407. The molecule has 0 aliphatic carbocycles. The molecule has 0 saturated heterocycles. The molecule has 0 aliphatic rings. The first kappa shape index (κ1) is 12.2. The van der Waals surface area contributed by atoms with Gasteiger partial charge >= 0.3 is 6.18 Å². The molecule has 1 aromatic heterocycles. The summed E-state index contributed by atoms with van der Waals surface area (Å²) in [4.78, 5) is 3.50. The second kappa shape index (κ2) is 4.56. The molecule has 0 amide bonds. The van der Waals surface area contributed by atoms with Crippen molar-refractivity contribution >= 4 is 0 Å². The van der Waals surface area contributed by atoms with Crippen molar-refractivity contribution in [2.45, 2.75) is 6.18 Å².